The lowest BCUT2D eigenvalue weighted by Crippen LogP contribution is -2.63. The van der Waals surface area contributed by atoms with Crippen molar-refractivity contribution in [2.24, 2.45) is 5.92 Å². The van der Waals surface area contributed by atoms with Crippen LogP contribution in [0.5, 0.6) is 0 Å². The summed E-state index contributed by atoms with van der Waals surface area (Å²) in [6.07, 6.45) is -10.8. The summed E-state index contributed by atoms with van der Waals surface area (Å²) in [5, 5.41) is 26.0. The molecule has 11 rings (SSSR count). The molecule has 0 saturated carbocycles. The molecule has 0 unspecified atom stereocenters. The van der Waals surface area contributed by atoms with Crippen molar-refractivity contribution in [2.75, 3.05) is 20.3 Å². The van der Waals surface area contributed by atoms with Crippen LogP contribution in [0.1, 0.15) is 63.8 Å². The van der Waals surface area contributed by atoms with E-state index in [1.54, 1.807) is 7.11 Å². The van der Waals surface area contributed by atoms with Gasteiger partial charge in [0.1, 0.15) is 54.9 Å². The Morgan fingerprint density at radius 2 is 0.560 bits per heavy atom. The molecule has 8 aromatic rings. The minimum atomic E-state index is -1.22. The SMILES string of the molecule is CO[C@H]1O[C@H](CC[C@@H]2O[C@H](COCc3ccccc3)[C@H](OCc3ccccc3)[C@H](OCc3ccccc3)[C@H]2O)[C@H](C[C@@H]2O[C@H](COCc3ccccc3)[C@H](OCc3ccccc3)[C@H](OCc3ccccc3)[C@H]2O)[C@H](OCc2ccccc2)[C@H]1OCc1ccccc1. The molecule has 8 aromatic carbocycles. The van der Waals surface area contributed by atoms with Gasteiger partial charge in [0.2, 0.25) is 0 Å². The van der Waals surface area contributed by atoms with Crippen molar-refractivity contribution in [3.05, 3.63) is 287 Å². The van der Waals surface area contributed by atoms with Crippen molar-refractivity contribution in [2.45, 2.75) is 158 Å². The zero-order valence-corrected chi connectivity index (χ0v) is 51.7. The van der Waals surface area contributed by atoms with Crippen molar-refractivity contribution in [1.82, 2.24) is 0 Å². The number of ether oxygens (including phenoxy) is 12. The van der Waals surface area contributed by atoms with Crippen molar-refractivity contribution in [3.63, 3.8) is 0 Å². The van der Waals surface area contributed by atoms with E-state index in [1.165, 1.54) is 0 Å². The number of rotatable bonds is 32. The molecule has 3 aliphatic heterocycles. The molecule has 0 aliphatic carbocycles. The highest BCUT2D eigenvalue weighted by atomic mass is 16.7. The van der Waals surface area contributed by atoms with E-state index in [0.29, 0.717) is 26.1 Å². The average molecular weight is 1240 g/mol. The van der Waals surface area contributed by atoms with Gasteiger partial charge in [0.25, 0.3) is 0 Å². The Morgan fingerprint density at radius 1 is 0.286 bits per heavy atom. The predicted octanol–water partition coefficient (Wildman–Crippen LogP) is 12.3. The molecule has 478 valence electrons. The van der Waals surface area contributed by atoms with Crippen LogP contribution in [0.3, 0.4) is 0 Å². The summed E-state index contributed by atoms with van der Waals surface area (Å²) in [4.78, 5) is 0. The zero-order valence-electron chi connectivity index (χ0n) is 51.7. The molecular formula is C77H86O14. The molecule has 0 bridgehead atoms. The molecule has 3 heterocycles. The Morgan fingerprint density at radius 3 is 0.901 bits per heavy atom. The first-order valence-electron chi connectivity index (χ1n) is 31.9. The lowest BCUT2D eigenvalue weighted by atomic mass is 9.79. The molecule has 14 heteroatoms. The number of hydrogen-bond donors (Lipinski definition) is 2. The number of methoxy groups -OCH3 is 1. The second kappa shape index (κ2) is 34.7. The van der Waals surface area contributed by atoms with Gasteiger partial charge in [-0.15, -0.1) is 0 Å². The first-order chi connectivity index (χ1) is 44.9. The van der Waals surface area contributed by atoms with Crippen LogP contribution in [0.4, 0.5) is 0 Å². The minimum absolute atomic E-state index is 0.132. The van der Waals surface area contributed by atoms with E-state index in [0.717, 1.165) is 44.5 Å². The average Bonchev–Trinajstić information content (AvgIpc) is 3.68. The summed E-state index contributed by atoms with van der Waals surface area (Å²) in [5.41, 5.74) is 7.76. The Kier molecular flexibility index (Phi) is 25.1. The van der Waals surface area contributed by atoms with Gasteiger partial charge in [0.05, 0.1) is 90.5 Å². The normalized spacial score (nSPS) is 26.7. The van der Waals surface area contributed by atoms with Crippen LogP contribution >= 0.6 is 0 Å². The van der Waals surface area contributed by atoms with Crippen LogP contribution < -0.4 is 0 Å². The first kappa shape index (κ1) is 65.7. The van der Waals surface area contributed by atoms with E-state index in [-0.39, 0.29) is 59.3 Å². The fraction of sp³-hybridized carbons (Fsp3) is 0.377. The maximum Gasteiger partial charge on any atom is 0.186 e. The molecule has 0 radical (unpaired) electrons. The molecule has 3 aliphatic rings. The molecule has 0 aromatic heterocycles. The van der Waals surface area contributed by atoms with E-state index in [1.807, 2.05) is 243 Å². The summed E-state index contributed by atoms with van der Waals surface area (Å²) in [5.74, 6) is -0.546. The van der Waals surface area contributed by atoms with Gasteiger partial charge < -0.3 is 67.1 Å². The largest absolute Gasteiger partial charge is 0.388 e. The van der Waals surface area contributed by atoms with Crippen molar-refractivity contribution >= 4 is 0 Å². The fourth-order valence-electron chi connectivity index (χ4n) is 12.5. The number of aliphatic hydroxyl groups is 2. The predicted molar refractivity (Wildman–Crippen MR) is 345 cm³/mol. The molecule has 2 N–H and O–H groups in total. The quantitative estimate of drug-likeness (QED) is 0.0411. The molecule has 91 heavy (non-hydrogen) atoms. The van der Waals surface area contributed by atoms with E-state index >= 15 is 0 Å². The third-order valence-electron chi connectivity index (χ3n) is 17.3. The van der Waals surface area contributed by atoms with Gasteiger partial charge in [-0.1, -0.05) is 243 Å². The third kappa shape index (κ3) is 18.9. The van der Waals surface area contributed by atoms with Crippen molar-refractivity contribution < 1.29 is 67.1 Å². The molecule has 0 spiro atoms. The molecule has 3 saturated heterocycles. The zero-order chi connectivity index (χ0) is 62.2. The Hall–Kier alpha value is -6.80. The summed E-state index contributed by atoms with van der Waals surface area (Å²) in [7, 11) is 1.62. The van der Waals surface area contributed by atoms with Gasteiger partial charge in [-0.3, -0.25) is 0 Å². The highest BCUT2D eigenvalue weighted by Crippen LogP contribution is 2.42. The topological polar surface area (TPSA) is 151 Å². The second-order valence-electron chi connectivity index (χ2n) is 23.7. The van der Waals surface area contributed by atoms with Crippen LogP contribution in [0.2, 0.25) is 0 Å². The van der Waals surface area contributed by atoms with E-state index in [2.05, 4.69) is 0 Å². The molecule has 3 fully saturated rings. The third-order valence-corrected chi connectivity index (χ3v) is 17.3. The molecular weight excluding hydrogens is 1150 g/mol. The smallest absolute Gasteiger partial charge is 0.186 e. The highest BCUT2D eigenvalue weighted by molar-refractivity contribution is 5.20. The van der Waals surface area contributed by atoms with Gasteiger partial charge >= 0.3 is 0 Å². The summed E-state index contributed by atoms with van der Waals surface area (Å²) >= 11 is 0. The maximum atomic E-state index is 13.2. The van der Waals surface area contributed by atoms with Gasteiger partial charge in [-0.2, -0.15) is 0 Å². The number of hydrogen-bond acceptors (Lipinski definition) is 14. The van der Waals surface area contributed by atoms with Gasteiger partial charge in [-0.25, -0.2) is 0 Å². The van der Waals surface area contributed by atoms with Crippen molar-refractivity contribution in [1.29, 1.82) is 0 Å². The fourth-order valence-corrected chi connectivity index (χ4v) is 12.5. The summed E-state index contributed by atoms with van der Waals surface area (Å²) in [6, 6.07) is 79.8. The van der Waals surface area contributed by atoms with Crippen LogP contribution in [0.15, 0.2) is 243 Å². The van der Waals surface area contributed by atoms with Crippen LogP contribution in [-0.2, 0) is 110 Å². The minimum Gasteiger partial charge on any atom is -0.388 e. The lowest BCUT2D eigenvalue weighted by Gasteiger charge is -2.50. The van der Waals surface area contributed by atoms with E-state index in [9.17, 15) is 10.2 Å². The van der Waals surface area contributed by atoms with Gasteiger partial charge in [0, 0.05) is 13.0 Å². The summed E-state index contributed by atoms with van der Waals surface area (Å²) < 4.78 is 82.6. The van der Waals surface area contributed by atoms with E-state index in [4.69, 9.17) is 56.8 Å². The molecule has 14 nitrogen and oxygen atoms in total. The first-order valence-corrected chi connectivity index (χ1v) is 31.9. The van der Waals surface area contributed by atoms with E-state index < -0.39 is 91.6 Å². The molecule has 0 amide bonds. The second-order valence-corrected chi connectivity index (χ2v) is 23.7. The van der Waals surface area contributed by atoms with Crippen molar-refractivity contribution in [3.8, 4) is 0 Å². The Labute approximate surface area is 535 Å². The monoisotopic (exact) mass is 1230 g/mol. The van der Waals surface area contributed by atoms with Crippen LogP contribution in [0.25, 0.3) is 0 Å². The highest BCUT2D eigenvalue weighted by Gasteiger charge is 2.54. The van der Waals surface area contributed by atoms with Gasteiger partial charge in [-0.05, 0) is 63.8 Å². The standard InChI is InChI=1S/C77H86O14/c1-80-77-76(88-52-62-40-24-9-25-41-62)71(83-47-57-30-14-4-15-31-57)63(44-66-70(79)75(87-51-61-38-22-8-23-39-61)73(85-49-59-34-18-6-19-35-59)68(90-66)54-82-46-56-28-12-3-13-29-56)64(91-77)42-43-65-69(78)74(86-50-60-36-20-7-21-37-60)72(84-48-58-32-16-5-17-33-58)67(89-65)53-81-45-55-26-10-2-11-27-55/h2-41,63-79H,42-54H2,1H3/t63-,64+,65-,66-,67+,68+,69-,70-,71-,72-,73-,74+,75+,76+,77-/m0/s1. The Bertz CT molecular complexity index is 3250. The van der Waals surface area contributed by atoms with Crippen LogP contribution in [0, 0.1) is 5.92 Å². The number of aliphatic hydroxyl groups excluding tert-OH is 2. The van der Waals surface area contributed by atoms with Gasteiger partial charge in [0.15, 0.2) is 6.29 Å². The maximum absolute atomic E-state index is 13.2. The Balaban J connectivity index is 0.937. The summed E-state index contributed by atoms with van der Waals surface area (Å²) in [6.45, 7) is 2.36. The van der Waals surface area contributed by atoms with Crippen LogP contribution in [-0.4, -0.2) is 116 Å². The molecule has 15 atom stereocenters. The number of benzene rings is 8. The lowest BCUT2D eigenvalue weighted by molar-refractivity contribution is -0.312.